The van der Waals surface area contributed by atoms with Crippen molar-refractivity contribution in [2.45, 2.75) is 33.5 Å². The lowest BCUT2D eigenvalue weighted by atomic mass is 10.2. The molecule has 2 rings (SSSR count). The van der Waals surface area contributed by atoms with Gasteiger partial charge in [-0.25, -0.2) is 0 Å². The standard InChI is InChI=1S/C16H24N2OS/c1-13(2)9-17-10-14-6-7-15(19-14)11-18(3)12-16-5-4-8-20-16/h4-8,13,17H,9-12H2,1-3H3. The first-order valence-corrected chi connectivity index (χ1v) is 8.00. The molecule has 20 heavy (non-hydrogen) atoms. The molecule has 0 unspecified atom stereocenters. The van der Waals surface area contributed by atoms with Gasteiger partial charge in [0.2, 0.25) is 0 Å². The molecule has 0 spiro atoms. The first kappa shape index (κ1) is 15.3. The van der Waals surface area contributed by atoms with Crippen molar-refractivity contribution in [1.82, 2.24) is 10.2 Å². The number of thiophene rings is 1. The minimum Gasteiger partial charge on any atom is -0.463 e. The van der Waals surface area contributed by atoms with E-state index in [1.807, 2.05) is 0 Å². The van der Waals surface area contributed by atoms with Crippen LogP contribution in [0.3, 0.4) is 0 Å². The summed E-state index contributed by atoms with van der Waals surface area (Å²) < 4.78 is 5.85. The third kappa shape index (κ3) is 5.12. The molecule has 0 amide bonds. The summed E-state index contributed by atoms with van der Waals surface area (Å²) in [7, 11) is 2.12. The summed E-state index contributed by atoms with van der Waals surface area (Å²) >= 11 is 1.80. The molecular formula is C16H24N2OS. The van der Waals surface area contributed by atoms with E-state index in [9.17, 15) is 0 Å². The van der Waals surface area contributed by atoms with Crippen molar-refractivity contribution >= 4 is 11.3 Å². The maximum atomic E-state index is 5.85. The molecule has 2 heterocycles. The average molecular weight is 292 g/mol. The van der Waals surface area contributed by atoms with Crippen LogP contribution in [0, 0.1) is 5.92 Å². The Hall–Kier alpha value is -1.10. The van der Waals surface area contributed by atoms with E-state index in [-0.39, 0.29) is 0 Å². The number of hydrogen-bond acceptors (Lipinski definition) is 4. The van der Waals surface area contributed by atoms with Crippen molar-refractivity contribution in [2.24, 2.45) is 5.92 Å². The van der Waals surface area contributed by atoms with E-state index in [1.165, 1.54) is 4.88 Å². The van der Waals surface area contributed by atoms with Crippen LogP contribution in [-0.2, 0) is 19.6 Å². The summed E-state index contributed by atoms with van der Waals surface area (Å²) in [5.41, 5.74) is 0. The number of rotatable bonds is 8. The number of furan rings is 1. The predicted molar refractivity (Wildman–Crippen MR) is 84.7 cm³/mol. The largest absolute Gasteiger partial charge is 0.463 e. The van der Waals surface area contributed by atoms with E-state index >= 15 is 0 Å². The van der Waals surface area contributed by atoms with Crippen LogP contribution >= 0.6 is 11.3 Å². The lowest BCUT2D eigenvalue weighted by Gasteiger charge is -2.13. The summed E-state index contributed by atoms with van der Waals surface area (Å²) in [6, 6.07) is 8.42. The highest BCUT2D eigenvalue weighted by Gasteiger charge is 2.07. The van der Waals surface area contributed by atoms with Gasteiger partial charge in [-0.1, -0.05) is 19.9 Å². The molecule has 0 saturated carbocycles. The highest BCUT2D eigenvalue weighted by Crippen LogP contribution is 2.14. The Morgan fingerprint density at radius 2 is 2.00 bits per heavy atom. The topological polar surface area (TPSA) is 28.4 Å². The van der Waals surface area contributed by atoms with Gasteiger partial charge < -0.3 is 9.73 Å². The van der Waals surface area contributed by atoms with Crippen molar-refractivity contribution < 1.29 is 4.42 Å². The van der Waals surface area contributed by atoms with Gasteiger partial charge in [0.15, 0.2) is 0 Å². The quantitative estimate of drug-likeness (QED) is 0.804. The van der Waals surface area contributed by atoms with Crippen LogP contribution < -0.4 is 5.32 Å². The second-order valence-corrected chi connectivity index (χ2v) is 6.68. The van der Waals surface area contributed by atoms with Crippen LogP contribution in [0.25, 0.3) is 0 Å². The summed E-state index contributed by atoms with van der Waals surface area (Å²) in [5.74, 6) is 2.72. The second-order valence-electron chi connectivity index (χ2n) is 5.64. The van der Waals surface area contributed by atoms with Crippen molar-refractivity contribution in [3.63, 3.8) is 0 Å². The van der Waals surface area contributed by atoms with Gasteiger partial charge in [0, 0.05) is 11.4 Å². The maximum Gasteiger partial charge on any atom is 0.118 e. The summed E-state index contributed by atoms with van der Waals surface area (Å²) in [4.78, 5) is 3.66. The molecular weight excluding hydrogens is 268 g/mol. The van der Waals surface area contributed by atoms with Crippen LogP contribution in [0.1, 0.15) is 30.2 Å². The zero-order valence-corrected chi connectivity index (χ0v) is 13.4. The maximum absolute atomic E-state index is 5.85. The van der Waals surface area contributed by atoms with E-state index in [0.717, 1.165) is 37.7 Å². The molecule has 0 aliphatic rings. The second kappa shape index (κ2) is 7.62. The number of nitrogens with one attached hydrogen (secondary N) is 1. The molecule has 0 fully saturated rings. The summed E-state index contributed by atoms with van der Waals surface area (Å²) in [6.45, 7) is 8.07. The van der Waals surface area contributed by atoms with Crippen LogP contribution in [0.5, 0.6) is 0 Å². The van der Waals surface area contributed by atoms with Crippen LogP contribution in [0.15, 0.2) is 34.1 Å². The monoisotopic (exact) mass is 292 g/mol. The lowest BCUT2D eigenvalue weighted by Crippen LogP contribution is -2.18. The van der Waals surface area contributed by atoms with Gasteiger partial charge in [0.25, 0.3) is 0 Å². The van der Waals surface area contributed by atoms with Gasteiger partial charge in [-0.2, -0.15) is 0 Å². The zero-order valence-electron chi connectivity index (χ0n) is 12.6. The third-order valence-corrected chi connectivity index (χ3v) is 3.86. The highest BCUT2D eigenvalue weighted by molar-refractivity contribution is 7.09. The lowest BCUT2D eigenvalue weighted by molar-refractivity contribution is 0.284. The predicted octanol–water partition coefficient (Wildman–Crippen LogP) is 3.72. The molecule has 0 aliphatic carbocycles. The molecule has 0 saturated heterocycles. The molecule has 0 aromatic carbocycles. The fourth-order valence-corrected chi connectivity index (χ4v) is 2.86. The smallest absolute Gasteiger partial charge is 0.118 e. The molecule has 2 aromatic rings. The Morgan fingerprint density at radius 1 is 1.20 bits per heavy atom. The molecule has 2 aromatic heterocycles. The van der Waals surface area contributed by atoms with Crippen LogP contribution in [-0.4, -0.2) is 18.5 Å². The Kier molecular flexibility index (Phi) is 5.83. The molecule has 0 radical (unpaired) electrons. The minimum absolute atomic E-state index is 0.668. The third-order valence-electron chi connectivity index (χ3n) is 3.00. The average Bonchev–Trinajstić information content (AvgIpc) is 3.01. The van der Waals surface area contributed by atoms with Crippen molar-refractivity contribution in [3.05, 3.63) is 46.0 Å². The fraction of sp³-hybridized carbons (Fsp3) is 0.500. The first-order valence-electron chi connectivity index (χ1n) is 7.12. The molecule has 1 N–H and O–H groups in total. The zero-order chi connectivity index (χ0) is 14.4. The van der Waals surface area contributed by atoms with E-state index in [0.29, 0.717) is 5.92 Å². The number of nitrogens with zero attached hydrogens (tertiary/aromatic N) is 1. The van der Waals surface area contributed by atoms with Gasteiger partial charge >= 0.3 is 0 Å². The fourth-order valence-electron chi connectivity index (χ4n) is 2.08. The highest BCUT2D eigenvalue weighted by atomic mass is 32.1. The Bertz CT molecular complexity index is 490. The molecule has 4 heteroatoms. The molecule has 110 valence electrons. The Balaban J connectivity index is 1.77. The Labute approximate surface area is 125 Å². The van der Waals surface area contributed by atoms with Gasteiger partial charge in [0.1, 0.15) is 11.5 Å². The van der Waals surface area contributed by atoms with Gasteiger partial charge in [0.05, 0.1) is 13.1 Å². The minimum atomic E-state index is 0.668. The first-order chi connectivity index (χ1) is 9.63. The summed E-state index contributed by atoms with van der Waals surface area (Å²) in [6.07, 6.45) is 0. The molecule has 0 aliphatic heterocycles. The molecule has 3 nitrogen and oxygen atoms in total. The van der Waals surface area contributed by atoms with Gasteiger partial charge in [-0.05, 0) is 43.1 Å². The van der Waals surface area contributed by atoms with Crippen LogP contribution in [0.2, 0.25) is 0 Å². The van der Waals surface area contributed by atoms with E-state index < -0.39 is 0 Å². The Morgan fingerprint density at radius 3 is 2.70 bits per heavy atom. The van der Waals surface area contributed by atoms with Crippen LogP contribution in [0.4, 0.5) is 0 Å². The van der Waals surface area contributed by atoms with E-state index in [4.69, 9.17) is 4.42 Å². The van der Waals surface area contributed by atoms with Crippen molar-refractivity contribution in [2.75, 3.05) is 13.6 Å². The van der Waals surface area contributed by atoms with Crippen molar-refractivity contribution in [3.8, 4) is 0 Å². The van der Waals surface area contributed by atoms with Crippen molar-refractivity contribution in [1.29, 1.82) is 0 Å². The van der Waals surface area contributed by atoms with Gasteiger partial charge in [-0.15, -0.1) is 11.3 Å². The van der Waals surface area contributed by atoms with E-state index in [2.05, 4.69) is 60.8 Å². The normalized spacial score (nSPS) is 11.7. The van der Waals surface area contributed by atoms with Gasteiger partial charge in [-0.3, -0.25) is 4.90 Å². The number of hydrogen-bond donors (Lipinski definition) is 1. The van der Waals surface area contributed by atoms with E-state index in [1.54, 1.807) is 11.3 Å². The summed E-state index contributed by atoms with van der Waals surface area (Å²) in [5, 5.41) is 5.52. The SMILES string of the molecule is CC(C)CNCc1ccc(CN(C)Cc2cccs2)o1. The molecule has 0 atom stereocenters. The molecule has 0 bridgehead atoms.